The summed E-state index contributed by atoms with van der Waals surface area (Å²) in [6, 6.07) is 0.361. The van der Waals surface area contributed by atoms with Crippen LogP contribution in [0.2, 0.25) is 0 Å². The minimum Gasteiger partial charge on any atom is -0.385 e. The molecule has 4 heteroatoms. The molecule has 0 saturated carbocycles. The number of methoxy groups -OCH3 is 1. The molecule has 0 spiro atoms. The molecule has 1 rings (SSSR count). The van der Waals surface area contributed by atoms with Crippen molar-refractivity contribution in [3.63, 3.8) is 0 Å². The van der Waals surface area contributed by atoms with E-state index in [2.05, 4.69) is 10.6 Å². The second kappa shape index (κ2) is 5.11. The maximum Gasteiger partial charge on any atom is 0.220 e. The molecule has 1 heterocycles. The molecule has 0 radical (unpaired) electrons. The van der Waals surface area contributed by atoms with Crippen LogP contribution < -0.4 is 10.6 Å². The summed E-state index contributed by atoms with van der Waals surface area (Å²) < 4.78 is 4.85. The molecule has 2 N–H and O–H groups in total. The van der Waals surface area contributed by atoms with Crippen molar-refractivity contribution in [1.82, 2.24) is 10.6 Å². The smallest absolute Gasteiger partial charge is 0.220 e. The van der Waals surface area contributed by atoms with Crippen LogP contribution in [0.1, 0.15) is 12.8 Å². The highest BCUT2D eigenvalue weighted by Gasteiger charge is 2.17. The number of hydrogen-bond donors (Lipinski definition) is 2. The fourth-order valence-corrected chi connectivity index (χ4v) is 1.07. The largest absolute Gasteiger partial charge is 0.385 e. The predicted octanol–water partition coefficient (Wildman–Crippen LogP) is -0.499. The lowest BCUT2D eigenvalue weighted by Crippen LogP contribution is -2.56. The Hall–Kier alpha value is -0.610. The van der Waals surface area contributed by atoms with Gasteiger partial charge >= 0.3 is 0 Å². The molecular formula is C8H16N2O2. The zero-order valence-corrected chi connectivity index (χ0v) is 7.43. The van der Waals surface area contributed by atoms with Gasteiger partial charge in [-0.3, -0.25) is 4.79 Å². The minimum atomic E-state index is 0.138. The monoisotopic (exact) mass is 172 g/mol. The van der Waals surface area contributed by atoms with E-state index in [1.54, 1.807) is 7.11 Å². The molecule has 0 atom stereocenters. The topological polar surface area (TPSA) is 50.4 Å². The number of hydrogen-bond acceptors (Lipinski definition) is 3. The van der Waals surface area contributed by atoms with E-state index in [4.69, 9.17) is 4.74 Å². The SMILES string of the molecule is COCCCC(=O)NC1CNC1. The van der Waals surface area contributed by atoms with Crippen LogP contribution in [0.5, 0.6) is 0 Å². The van der Waals surface area contributed by atoms with E-state index in [0.717, 1.165) is 19.5 Å². The summed E-state index contributed by atoms with van der Waals surface area (Å²) >= 11 is 0. The average molecular weight is 172 g/mol. The van der Waals surface area contributed by atoms with Gasteiger partial charge in [-0.2, -0.15) is 0 Å². The molecular weight excluding hydrogens is 156 g/mol. The number of amides is 1. The van der Waals surface area contributed by atoms with Gasteiger partial charge in [-0.05, 0) is 6.42 Å². The zero-order valence-electron chi connectivity index (χ0n) is 7.43. The first-order valence-corrected chi connectivity index (χ1v) is 4.32. The quantitative estimate of drug-likeness (QED) is 0.550. The Morgan fingerprint density at radius 1 is 1.67 bits per heavy atom. The third kappa shape index (κ3) is 3.19. The third-order valence-electron chi connectivity index (χ3n) is 1.90. The van der Waals surface area contributed by atoms with E-state index >= 15 is 0 Å². The summed E-state index contributed by atoms with van der Waals surface area (Å²) in [7, 11) is 1.65. The Labute approximate surface area is 72.7 Å². The molecule has 1 aliphatic heterocycles. The Kier molecular flexibility index (Phi) is 4.04. The van der Waals surface area contributed by atoms with Crippen LogP contribution >= 0.6 is 0 Å². The molecule has 0 aromatic rings. The Morgan fingerprint density at radius 3 is 2.92 bits per heavy atom. The Morgan fingerprint density at radius 2 is 2.42 bits per heavy atom. The van der Waals surface area contributed by atoms with Crippen molar-refractivity contribution in [3.05, 3.63) is 0 Å². The van der Waals surface area contributed by atoms with E-state index in [9.17, 15) is 4.79 Å². The van der Waals surface area contributed by atoms with Gasteiger partial charge in [0.15, 0.2) is 0 Å². The lowest BCUT2D eigenvalue weighted by molar-refractivity contribution is -0.122. The fraction of sp³-hybridized carbons (Fsp3) is 0.875. The Bertz CT molecular complexity index is 146. The van der Waals surface area contributed by atoms with E-state index in [1.807, 2.05) is 0 Å². The van der Waals surface area contributed by atoms with Crippen molar-refractivity contribution >= 4 is 5.91 Å². The molecule has 0 unspecified atom stereocenters. The first-order valence-electron chi connectivity index (χ1n) is 4.32. The van der Waals surface area contributed by atoms with Crippen LogP contribution in [0.25, 0.3) is 0 Å². The molecule has 1 fully saturated rings. The minimum absolute atomic E-state index is 0.138. The molecule has 1 amide bonds. The summed E-state index contributed by atoms with van der Waals surface area (Å²) in [4.78, 5) is 11.1. The summed E-state index contributed by atoms with van der Waals surface area (Å²) in [6.45, 7) is 2.49. The molecule has 70 valence electrons. The van der Waals surface area contributed by atoms with Crippen LogP contribution in [-0.2, 0) is 9.53 Å². The predicted molar refractivity (Wildman–Crippen MR) is 45.9 cm³/mol. The first-order chi connectivity index (χ1) is 5.83. The van der Waals surface area contributed by atoms with Gasteiger partial charge in [0.2, 0.25) is 5.91 Å². The van der Waals surface area contributed by atoms with Crippen LogP contribution in [-0.4, -0.2) is 38.8 Å². The van der Waals surface area contributed by atoms with Crippen molar-refractivity contribution in [2.45, 2.75) is 18.9 Å². The lowest BCUT2D eigenvalue weighted by atomic mass is 10.1. The highest BCUT2D eigenvalue weighted by molar-refractivity contribution is 5.76. The van der Waals surface area contributed by atoms with Gasteiger partial charge in [0.1, 0.15) is 0 Å². The molecule has 1 saturated heterocycles. The van der Waals surface area contributed by atoms with Gasteiger partial charge in [0.25, 0.3) is 0 Å². The van der Waals surface area contributed by atoms with Crippen molar-refractivity contribution in [2.75, 3.05) is 26.8 Å². The maximum absolute atomic E-state index is 11.1. The second-order valence-electron chi connectivity index (χ2n) is 3.02. The number of ether oxygens (including phenoxy) is 1. The van der Waals surface area contributed by atoms with E-state index < -0.39 is 0 Å². The van der Waals surface area contributed by atoms with Crippen LogP contribution in [0.4, 0.5) is 0 Å². The Balaban J connectivity index is 1.95. The standard InChI is InChI=1S/C8H16N2O2/c1-12-4-2-3-8(11)10-7-5-9-6-7/h7,9H,2-6H2,1H3,(H,10,11). The van der Waals surface area contributed by atoms with Crippen molar-refractivity contribution in [3.8, 4) is 0 Å². The highest BCUT2D eigenvalue weighted by atomic mass is 16.5. The molecule has 1 aliphatic rings. The molecule has 4 nitrogen and oxygen atoms in total. The normalized spacial score (nSPS) is 17.1. The van der Waals surface area contributed by atoms with Crippen LogP contribution in [0, 0.1) is 0 Å². The van der Waals surface area contributed by atoms with Gasteiger partial charge in [-0.15, -0.1) is 0 Å². The van der Waals surface area contributed by atoms with Gasteiger partial charge in [-0.1, -0.05) is 0 Å². The van der Waals surface area contributed by atoms with Gasteiger partial charge in [0, 0.05) is 33.2 Å². The fourth-order valence-electron chi connectivity index (χ4n) is 1.07. The summed E-state index contributed by atoms with van der Waals surface area (Å²) in [5.74, 6) is 0.138. The second-order valence-corrected chi connectivity index (χ2v) is 3.02. The van der Waals surface area contributed by atoms with Crippen molar-refractivity contribution in [2.24, 2.45) is 0 Å². The van der Waals surface area contributed by atoms with Crippen LogP contribution in [0.15, 0.2) is 0 Å². The summed E-state index contributed by atoms with van der Waals surface area (Å²) in [5, 5.41) is 6.01. The van der Waals surface area contributed by atoms with Gasteiger partial charge in [0.05, 0.1) is 6.04 Å². The van der Waals surface area contributed by atoms with Crippen LogP contribution in [0.3, 0.4) is 0 Å². The number of rotatable bonds is 5. The average Bonchev–Trinajstić information content (AvgIpc) is 1.98. The third-order valence-corrected chi connectivity index (χ3v) is 1.90. The maximum atomic E-state index is 11.1. The first kappa shape index (κ1) is 9.48. The summed E-state index contributed by atoms with van der Waals surface area (Å²) in [5.41, 5.74) is 0. The van der Waals surface area contributed by atoms with Gasteiger partial charge < -0.3 is 15.4 Å². The van der Waals surface area contributed by atoms with E-state index in [-0.39, 0.29) is 5.91 Å². The highest BCUT2D eigenvalue weighted by Crippen LogP contribution is 1.94. The molecule has 0 aliphatic carbocycles. The van der Waals surface area contributed by atoms with Gasteiger partial charge in [-0.25, -0.2) is 0 Å². The van der Waals surface area contributed by atoms with E-state index in [0.29, 0.717) is 19.1 Å². The number of nitrogens with one attached hydrogen (secondary N) is 2. The zero-order chi connectivity index (χ0) is 8.81. The van der Waals surface area contributed by atoms with Crippen molar-refractivity contribution in [1.29, 1.82) is 0 Å². The number of carbonyl (C=O) groups is 1. The molecule has 0 bridgehead atoms. The molecule has 12 heavy (non-hydrogen) atoms. The summed E-state index contributed by atoms with van der Waals surface area (Å²) in [6.07, 6.45) is 1.38. The van der Waals surface area contributed by atoms with Crippen molar-refractivity contribution < 1.29 is 9.53 Å². The van der Waals surface area contributed by atoms with E-state index in [1.165, 1.54) is 0 Å². The lowest BCUT2D eigenvalue weighted by Gasteiger charge is -2.27. The molecule has 0 aromatic carbocycles. The molecule has 0 aromatic heterocycles. The number of carbonyl (C=O) groups excluding carboxylic acids is 1.